The van der Waals surface area contributed by atoms with Gasteiger partial charge in [-0.05, 0) is 20.8 Å². The zero-order chi connectivity index (χ0) is 22.6. The number of nitrogen functional groups attached to an aromatic ring is 1. The maximum atomic E-state index is 12.7. The van der Waals surface area contributed by atoms with Crippen LogP contribution in [0, 0.1) is 0 Å². The van der Waals surface area contributed by atoms with Crippen LogP contribution in [-0.4, -0.2) is 84.7 Å². The molecule has 2 amide bonds. The Hall–Kier alpha value is -3.64. The number of amides is 2. The zero-order valence-electron chi connectivity index (χ0n) is 17.2. The second-order valence-electron chi connectivity index (χ2n) is 7.61. The number of nitrogens with zero attached hydrogens (tertiary/aromatic N) is 5. The third kappa shape index (κ3) is 5.93. The highest BCUT2D eigenvalue weighted by Gasteiger charge is 2.23. The van der Waals surface area contributed by atoms with E-state index in [-0.39, 0.29) is 36.7 Å². The molecule has 0 bridgehead atoms. The normalized spacial score (nSPS) is 11.3. The first kappa shape index (κ1) is 22.6. The summed E-state index contributed by atoms with van der Waals surface area (Å²) in [6.45, 7) is 4.31. The number of carboxylic acids is 1. The molecule has 0 spiro atoms. The van der Waals surface area contributed by atoms with Gasteiger partial charge in [0.25, 0.3) is 5.56 Å². The van der Waals surface area contributed by atoms with Gasteiger partial charge >= 0.3 is 12.1 Å². The highest BCUT2D eigenvalue weighted by molar-refractivity contribution is 5.82. The minimum Gasteiger partial charge on any atom is -0.480 e. The van der Waals surface area contributed by atoms with Gasteiger partial charge in [-0.15, -0.1) is 0 Å². The number of anilines is 1. The molecule has 0 unspecified atom stereocenters. The highest BCUT2D eigenvalue weighted by atomic mass is 16.6. The van der Waals surface area contributed by atoms with Gasteiger partial charge in [-0.2, -0.15) is 4.98 Å². The molecule has 0 aliphatic heterocycles. The first-order chi connectivity index (χ1) is 13.9. The summed E-state index contributed by atoms with van der Waals surface area (Å²) in [5.41, 5.74) is 4.41. The number of carbonyl (C=O) groups excluding carboxylic acids is 2. The summed E-state index contributed by atoms with van der Waals surface area (Å²) in [5.74, 6) is -1.91. The molecule has 13 heteroatoms. The molecule has 0 saturated carbocycles. The van der Waals surface area contributed by atoms with E-state index in [4.69, 9.17) is 15.6 Å². The maximum absolute atomic E-state index is 12.7. The average Bonchev–Trinajstić information content (AvgIpc) is 2.99. The molecule has 0 fully saturated rings. The van der Waals surface area contributed by atoms with E-state index in [0.717, 1.165) is 4.90 Å². The SMILES string of the molecule is CN(CCN(CC(=O)O)C(=O)Cn1cnc2c(=O)[nH]c(N)nc21)C(=O)OC(C)(C)C. The number of aromatic amines is 1. The number of carboxylic acid groups (broad SMARTS) is 1. The van der Waals surface area contributed by atoms with Crippen LogP contribution in [-0.2, 0) is 20.9 Å². The quantitative estimate of drug-likeness (QED) is 0.529. The fourth-order valence-corrected chi connectivity index (χ4v) is 2.49. The molecule has 0 saturated heterocycles. The largest absolute Gasteiger partial charge is 0.480 e. The van der Waals surface area contributed by atoms with Crippen molar-refractivity contribution in [2.75, 3.05) is 32.4 Å². The van der Waals surface area contributed by atoms with Crippen LogP contribution in [0.3, 0.4) is 0 Å². The molecule has 0 aromatic carbocycles. The Labute approximate surface area is 171 Å². The molecule has 2 rings (SSSR count). The minimum atomic E-state index is -1.21. The highest BCUT2D eigenvalue weighted by Crippen LogP contribution is 2.10. The van der Waals surface area contributed by atoms with E-state index in [1.165, 1.54) is 22.8 Å². The number of nitrogens with two attached hydrogens (primary N) is 1. The standard InChI is InChI=1S/C17H25N7O6/c1-17(2,3)30-16(29)22(4)5-6-23(8-11(26)27)10(25)7-24-9-19-12-13(24)20-15(18)21-14(12)28/h9H,5-8H2,1-4H3,(H,26,27)(H3,18,20,21,28). The Kier molecular flexibility index (Phi) is 6.64. The van der Waals surface area contributed by atoms with Crippen molar-refractivity contribution in [2.45, 2.75) is 32.9 Å². The number of fused-ring (bicyclic) bond motifs is 1. The summed E-state index contributed by atoms with van der Waals surface area (Å²) in [6.07, 6.45) is 0.653. The fraction of sp³-hybridized carbons (Fsp3) is 0.529. The Morgan fingerprint density at radius 1 is 1.30 bits per heavy atom. The predicted octanol–water partition coefficient (Wildman–Crippen LogP) is -0.518. The summed E-state index contributed by atoms with van der Waals surface area (Å²) < 4.78 is 6.53. The van der Waals surface area contributed by atoms with E-state index in [9.17, 15) is 19.2 Å². The molecular formula is C17H25N7O6. The molecule has 0 aliphatic rings. The second-order valence-corrected chi connectivity index (χ2v) is 7.61. The first-order valence-corrected chi connectivity index (χ1v) is 9.01. The van der Waals surface area contributed by atoms with Crippen LogP contribution in [0.5, 0.6) is 0 Å². The van der Waals surface area contributed by atoms with Crippen LogP contribution in [0.1, 0.15) is 20.8 Å². The van der Waals surface area contributed by atoms with Gasteiger partial charge in [-0.3, -0.25) is 19.4 Å². The Morgan fingerprint density at radius 2 is 1.97 bits per heavy atom. The molecular weight excluding hydrogens is 398 g/mol. The van der Waals surface area contributed by atoms with Gasteiger partial charge in [0.15, 0.2) is 11.2 Å². The van der Waals surface area contributed by atoms with E-state index in [2.05, 4.69) is 15.0 Å². The molecule has 2 heterocycles. The zero-order valence-corrected chi connectivity index (χ0v) is 17.2. The van der Waals surface area contributed by atoms with E-state index in [1.807, 2.05) is 0 Å². The second kappa shape index (κ2) is 8.80. The lowest BCUT2D eigenvalue weighted by atomic mass is 10.2. The number of ether oxygens (including phenoxy) is 1. The van der Waals surface area contributed by atoms with Crippen LogP contribution in [0.2, 0.25) is 0 Å². The monoisotopic (exact) mass is 423 g/mol. The van der Waals surface area contributed by atoms with Crippen LogP contribution in [0.15, 0.2) is 11.1 Å². The number of imidazole rings is 1. The molecule has 13 nitrogen and oxygen atoms in total. The number of rotatable bonds is 7. The summed E-state index contributed by atoms with van der Waals surface area (Å²) in [7, 11) is 1.49. The van der Waals surface area contributed by atoms with E-state index in [1.54, 1.807) is 20.8 Å². The van der Waals surface area contributed by atoms with Gasteiger partial charge in [0.1, 0.15) is 18.7 Å². The van der Waals surface area contributed by atoms with Gasteiger partial charge in [-0.1, -0.05) is 0 Å². The third-order valence-electron chi connectivity index (χ3n) is 3.89. The van der Waals surface area contributed by atoms with Crippen molar-refractivity contribution in [3.8, 4) is 0 Å². The topological polar surface area (TPSA) is 177 Å². The van der Waals surface area contributed by atoms with Crippen molar-refractivity contribution in [2.24, 2.45) is 0 Å². The predicted molar refractivity (Wildman–Crippen MR) is 106 cm³/mol. The van der Waals surface area contributed by atoms with Crippen molar-refractivity contribution in [1.82, 2.24) is 29.3 Å². The molecule has 0 atom stereocenters. The van der Waals surface area contributed by atoms with Crippen molar-refractivity contribution < 1.29 is 24.2 Å². The Bertz CT molecular complexity index is 1010. The summed E-state index contributed by atoms with van der Waals surface area (Å²) in [5, 5.41) is 9.14. The summed E-state index contributed by atoms with van der Waals surface area (Å²) in [4.78, 5) is 60.3. The summed E-state index contributed by atoms with van der Waals surface area (Å²) >= 11 is 0. The van der Waals surface area contributed by atoms with Crippen molar-refractivity contribution in [1.29, 1.82) is 0 Å². The fourth-order valence-electron chi connectivity index (χ4n) is 2.49. The van der Waals surface area contributed by atoms with Crippen molar-refractivity contribution in [3.05, 3.63) is 16.7 Å². The van der Waals surface area contributed by atoms with Crippen LogP contribution in [0.4, 0.5) is 10.7 Å². The van der Waals surface area contributed by atoms with Gasteiger partial charge in [0, 0.05) is 20.1 Å². The number of nitrogens with one attached hydrogen (secondary N) is 1. The first-order valence-electron chi connectivity index (χ1n) is 9.01. The Morgan fingerprint density at radius 3 is 2.57 bits per heavy atom. The van der Waals surface area contributed by atoms with Crippen molar-refractivity contribution >= 4 is 35.1 Å². The van der Waals surface area contributed by atoms with E-state index >= 15 is 0 Å². The molecule has 2 aromatic rings. The molecule has 2 aromatic heterocycles. The lowest BCUT2D eigenvalue weighted by molar-refractivity contribution is -0.144. The van der Waals surface area contributed by atoms with Gasteiger partial charge < -0.3 is 29.9 Å². The Balaban J connectivity index is 2.11. The third-order valence-corrected chi connectivity index (χ3v) is 3.89. The molecule has 4 N–H and O–H groups in total. The summed E-state index contributed by atoms with van der Waals surface area (Å²) in [6, 6.07) is 0. The number of hydrogen-bond donors (Lipinski definition) is 3. The number of aliphatic carboxylic acids is 1. The molecule has 30 heavy (non-hydrogen) atoms. The molecule has 0 aliphatic carbocycles. The number of hydrogen-bond acceptors (Lipinski definition) is 8. The van der Waals surface area contributed by atoms with Crippen LogP contribution in [0.25, 0.3) is 11.2 Å². The van der Waals surface area contributed by atoms with E-state index < -0.39 is 35.7 Å². The number of aromatic nitrogens is 4. The van der Waals surface area contributed by atoms with Crippen molar-refractivity contribution in [3.63, 3.8) is 0 Å². The smallest absolute Gasteiger partial charge is 0.410 e. The molecule has 0 radical (unpaired) electrons. The average molecular weight is 423 g/mol. The van der Waals surface area contributed by atoms with Gasteiger partial charge in [0.2, 0.25) is 11.9 Å². The van der Waals surface area contributed by atoms with E-state index in [0.29, 0.717) is 0 Å². The lowest BCUT2D eigenvalue weighted by Crippen LogP contribution is -2.44. The number of likely N-dealkylation sites (N-methyl/N-ethyl adjacent to an activating group) is 1. The molecule has 164 valence electrons. The number of carbonyl (C=O) groups is 3. The maximum Gasteiger partial charge on any atom is 0.410 e. The van der Waals surface area contributed by atoms with Crippen LogP contribution < -0.4 is 11.3 Å². The lowest BCUT2D eigenvalue weighted by Gasteiger charge is -2.27. The van der Waals surface area contributed by atoms with Gasteiger partial charge in [0.05, 0.1) is 6.33 Å². The van der Waals surface area contributed by atoms with Crippen LogP contribution >= 0.6 is 0 Å². The number of H-pyrrole nitrogens is 1. The minimum absolute atomic E-state index is 0.00597. The van der Waals surface area contributed by atoms with Gasteiger partial charge in [-0.25, -0.2) is 9.78 Å².